The van der Waals surface area contributed by atoms with E-state index in [1.54, 1.807) is 19.9 Å². The van der Waals surface area contributed by atoms with Crippen LogP contribution in [-0.4, -0.2) is 11.1 Å². The van der Waals surface area contributed by atoms with E-state index < -0.39 is 0 Å². The number of amides is 1. The van der Waals surface area contributed by atoms with Crippen molar-refractivity contribution in [2.24, 2.45) is 0 Å². The van der Waals surface area contributed by atoms with Crippen molar-refractivity contribution in [2.75, 3.05) is 5.32 Å². The van der Waals surface area contributed by atoms with Crippen molar-refractivity contribution in [3.63, 3.8) is 0 Å². The second kappa shape index (κ2) is 4.41. The molecule has 17 heavy (non-hydrogen) atoms. The molecule has 1 aromatic heterocycles. The van der Waals surface area contributed by atoms with Gasteiger partial charge in [-0.05, 0) is 32.4 Å². The average molecular weight is 230 g/mol. The van der Waals surface area contributed by atoms with E-state index in [1.165, 1.54) is 0 Å². The molecule has 0 saturated carbocycles. The van der Waals surface area contributed by atoms with Gasteiger partial charge in [0.25, 0.3) is 5.91 Å². The Morgan fingerprint density at radius 1 is 1.24 bits per heavy atom. The van der Waals surface area contributed by atoms with Crippen molar-refractivity contribution in [3.8, 4) is 0 Å². The zero-order valence-electron chi connectivity index (χ0n) is 10.1. The molecule has 1 amide bonds. The Labute approximate surface area is 99.6 Å². The Morgan fingerprint density at radius 2 is 1.94 bits per heavy atom. The number of carbonyl (C=O) groups excluding carboxylic acids is 1. The Bertz CT molecular complexity index is 539. The number of anilines is 1. The van der Waals surface area contributed by atoms with Gasteiger partial charge in [-0.25, -0.2) is 0 Å². The molecule has 0 aliphatic heterocycles. The minimum absolute atomic E-state index is 0.141. The summed E-state index contributed by atoms with van der Waals surface area (Å²) < 4.78 is 5.00. The first kappa shape index (κ1) is 11.4. The molecule has 0 aliphatic carbocycles. The zero-order valence-corrected chi connectivity index (χ0v) is 10.1. The Balaban J connectivity index is 2.27. The summed E-state index contributed by atoms with van der Waals surface area (Å²) in [5, 5.41) is 6.62. The number of benzene rings is 1. The zero-order chi connectivity index (χ0) is 12.4. The third-order valence-corrected chi connectivity index (χ3v) is 2.66. The van der Waals surface area contributed by atoms with E-state index in [9.17, 15) is 4.79 Å². The van der Waals surface area contributed by atoms with Gasteiger partial charge in [0.1, 0.15) is 11.4 Å². The molecule has 4 nitrogen and oxygen atoms in total. The van der Waals surface area contributed by atoms with E-state index in [0.29, 0.717) is 22.7 Å². The predicted molar refractivity (Wildman–Crippen MR) is 65.1 cm³/mol. The number of rotatable bonds is 2. The number of hydrogen-bond acceptors (Lipinski definition) is 3. The van der Waals surface area contributed by atoms with Crippen LogP contribution in [0.25, 0.3) is 0 Å². The van der Waals surface area contributed by atoms with E-state index in [2.05, 4.69) is 10.5 Å². The van der Waals surface area contributed by atoms with Gasteiger partial charge < -0.3 is 9.84 Å². The van der Waals surface area contributed by atoms with Crippen LogP contribution in [0.5, 0.6) is 0 Å². The van der Waals surface area contributed by atoms with Crippen LogP contribution < -0.4 is 5.32 Å². The average Bonchev–Trinajstić information content (AvgIpc) is 2.61. The Kier molecular flexibility index (Phi) is 2.95. The lowest BCUT2D eigenvalue weighted by atomic mass is 10.1. The monoisotopic (exact) mass is 230 g/mol. The van der Waals surface area contributed by atoms with Crippen molar-refractivity contribution < 1.29 is 9.32 Å². The van der Waals surface area contributed by atoms with Crippen LogP contribution in [0.1, 0.15) is 27.4 Å². The molecular weight excluding hydrogens is 216 g/mol. The lowest BCUT2D eigenvalue weighted by Crippen LogP contribution is -2.14. The fourth-order valence-electron chi connectivity index (χ4n) is 1.67. The molecule has 0 aliphatic rings. The molecule has 88 valence electrons. The smallest absolute Gasteiger partial charge is 0.256 e. The van der Waals surface area contributed by atoms with Crippen molar-refractivity contribution in [1.29, 1.82) is 0 Å². The van der Waals surface area contributed by atoms with Gasteiger partial charge in [0.15, 0.2) is 5.76 Å². The largest absolute Gasteiger partial charge is 0.359 e. The summed E-state index contributed by atoms with van der Waals surface area (Å²) >= 11 is 0. The highest BCUT2D eigenvalue weighted by molar-refractivity contribution is 6.05. The van der Waals surface area contributed by atoms with Crippen LogP contribution in [0.3, 0.4) is 0 Å². The maximum Gasteiger partial charge on any atom is 0.256 e. The normalized spacial score (nSPS) is 10.3. The first-order chi connectivity index (χ1) is 8.09. The highest BCUT2D eigenvalue weighted by Crippen LogP contribution is 2.20. The van der Waals surface area contributed by atoms with Crippen LogP contribution in [0.2, 0.25) is 0 Å². The van der Waals surface area contributed by atoms with E-state index in [4.69, 9.17) is 4.52 Å². The SMILES string of the molecule is Cc1ccccc1C(=O)Nc1c(C)noc1C. The summed E-state index contributed by atoms with van der Waals surface area (Å²) in [6.45, 7) is 5.47. The minimum Gasteiger partial charge on any atom is -0.359 e. The maximum atomic E-state index is 12.1. The molecule has 1 heterocycles. The van der Waals surface area contributed by atoms with Gasteiger partial charge in [-0.1, -0.05) is 23.4 Å². The van der Waals surface area contributed by atoms with Gasteiger partial charge in [-0.2, -0.15) is 0 Å². The van der Waals surface area contributed by atoms with E-state index in [0.717, 1.165) is 5.56 Å². The first-order valence-electron chi connectivity index (χ1n) is 5.39. The van der Waals surface area contributed by atoms with Gasteiger partial charge >= 0.3 is 0 Å². The van der Waals surface area contributed by atoms with Gasteiger partial charge in [0, 0.05) is 5.56 Å². The summed E-state index contributed by atoms with van der Waals surface area (Å²) in [7, 11) is 0. The number of aromatic nitrogens is 1. The van der Waals surface area contributed by atoms with Gasteiger partial charge in [-0.3, -0.25) is 4.79 Å². The maximum absolute atomic E-state index is 12.1. The molecule has 2 rings (SSSR count). The van der Waals surface area contributed by atoms with E-state index in [-0.39, 0.29) is 5.91 Å². The number of hydrogen-bond donors (Lipinski definition) is 1. The minimum atomic E-state index is -0.141. The molecule has 0 atom stereocenters. The topological polar surface area (TPSA) is 55.1 Å². The van der Waals surface area contributed by atoms with Gasteiger partial charge in [0.05, 0.1) is 0 Å². The second-order valence-corrected chi connectivity index (χ2v) is 3.97. The molecule has 1 aromatic carbocycles. The number of nitrogens with zero attached hydrogens (tertiary/aromatic N) is 1. The predicted octanol–water partition coefficient (Wildman–Crippen LogP) is 2.85. The second-order valence-electron chi connectivity index (χ2n) is 3.97. The number of carbonyl (C=O) groups is 1. The van der Waals surface area contributed by atoms with Crippen LogP contribution in [-0.2, 0) is 0 Å². The summed E-state index contributed by atoms with van der Waals surface area (Å²) in [5.41, 5.74) is 2.94. The van der Waals surface area contributed by atoms with Crippen molar-refractivity contribution in [1.82, 2.24) is 5.16 Å². The van der Waals surface area contributed by atoms with Gasteiger partial charge in [0.2, 0.25) is 0 Å². The third-order valence-electron chi connectivity index (χ3n) is 2.66. The Hall–Kier alpha value is -2.10. The van der Waals surface area contributed by atoms with Crippen molar-refractivity contribution >= 4 is 11.6 Å². The van der Waals surface area contributed by atoms with Crippen LogP contribution in [0.4, 0.5) is 5.69 Å². The fraction of sp³-hybridized carbons (Fsp3) is 0.231. The van der Waals surface area contributed by atoms with Crippen molar-refractivity contribution in [2.45, 2.75) is 20.8 Å². The molecule has 0 spiro atoms. The molecule has 0 bridgehead atoms. The van der Waals surface area contributed by atoms with E-state index in [1.807, 2.05) is 25.1 Å². The number of aryl methyl sites for hydroxylation is 3. The highest BCUT2D eigenvalue weighted by atomic mass is 16.5. The standard InChI is InChI=1S/C13H14N2O2/c1-8-6-4-5-7-11(8)13(16)14-12-9(2)15-17-10(12)3/h4-7H,1-3H3,(H,14,16). The first-order valence-corrected chi connectivity index (χ1v) is 5.39. The fourth-order valence-corrected chi connectivity index (χ4v) is 1.67. The molecule has 0 unspecified atom stereocenters. The molecule has 0 fully saturated rings. The quantitative estimate of drug-likeness (QED) is 0.863. The summed E-state index contributed by atoms with van der Waals surface area (Å²) in [5.74, 6) is 0.474. The molecule has 4 heteroatoms. The molecular formula is C13H14N2O2. The summed E-state index contributed by atoms with van der Waals surface area (Å²) in [6, 6.07) is 7.45. The summed E-state index contributed by atoms with van der Waals surface area (Å²) in [6.07, 6.45) is 0. The third kappa shape index (κ3) is 2.20. The molecule has 2 aromatic rings. The number of nitrogens with one attached hydrogen (secondary N) is 1. The lowest BCUT2D eigenvalue weighted by molar-refractivity contribution is 0.102. The van der Waals surface area contributed by atoms with Crippen LogP contribution >= 0.6 is 0 Å². The molecule has 0 radical (unpaired) electrons. The molecule has 0 saturated heterocycles. The van der Waals surface area contributed by atoms with Crippen molar-refractivity contribution in [3.05, 3.63) is 46.8 Å². The Morgan fingerprint density at radius 3 is 2.53 bits per heavy atom. The van der Waals surface area contributed by atoms with Crippen LogP contribution in [0.15, 0.2) is 28.8 Å². The lowest BCUT2D eigenvalue weighted by Gasteiger charge is -2.06. The summed E-state index contributed by atoms with van der Waals surface area (Å²) in [4.78, 5) is 12.1. The van der Waals surface area contributed by atoms with Gasteiger partial charge in [-0.15, -0.1) is 0 Å². The van der Waals surface area contributed by atoms with Crippen LogP contribution in [0, 0.1) is 20.8 Å². The highest BCUT2D eigenvalue weighted by Gasteiger charge is 2.14. The molecule has 1 N–H and O–H groups in total. The van der Waals surface area contributed by atoms with E-state index >= 15 is 0 Å².